The van der Waals surface area contributed by atoms with E-state index in [0.717, 1.165) is 37.1 Å². The number of aryl methyl sites for hydroxylation is 1. The summed E-state index contributed by atoms with van der Waals surface area (Å²) < 4.78 is 11.1. The summed E-state index contributed by atoms with van der Waals surface area (Å²) in [5.41, 5.74) is 3.58. The van der Waals surface area contributed by atoms with Gasteiger partial charge >= 0.3 is 5.63 Å². The Morgan fingerprint density at radius 2 is 1.53 bits per heavy atom. The maximum Gasteiger partial charge on any atom is 0.336 e. The molecule has 0 amide bonds. The van der Waals surface area contributed by atoms with Gasteiger partial charge in [-0.15, -0.1) is 0 Å². The monoisotopic (exact) mass is 484 g/mol. The molecule has 3 aromatic carbocycles. The first-order valence-corrected chi connectivity index (χ1v) is 12.5. The van der Waals surface area contributed by atoms with Crippen LogP contribution in [0.5, 0.6) is 5.75 Å². The summed E-state index contributed by atoms with van der Waals surface area (Å²) in [5.74, 6) is 0.577. The highest BCUT2D eigenvalue weighted by atomic mass is 16.5. The van der Waals surface area contributed by atoms with Gasteiger partial charge in [0.15, 0.2) is 0 Å². The normalized spacial score (nSPS) is 15.9. The molecule has 0 bridgehead atoms. The fraction of sp³-hybridized carbons (Fsp3) is 0.300. The summed E-state index contributed by atoms with van der Waals surface area (Å²) in [7, 11) is 0. The number of benzene rings is 3. The number of hydrogen-bond donors (Lipinski definition) is 1. The van der Waals surface area contributed by atoms with Crippen LogP contribution in [0.4, 0.5) is 0 Å². The molecule has 0 spiro atoms. The van der Waals surface area contributed by atoms with Crippen molar-refractivity contribution < 1.29 is 14.3 Å². The van der Waals surface area contributed by atoms with Crippen LogP contribution in [0.3, 0.4) is 0 Å². The molecule has 1 aliphatic rings. The van der Waals surface area contributed by atoms with Crippen molar-refractivity contribution in [3.05, 3.63) is 112 Å². The first-order valence-electron chi connectivity index (χ1n) is 12.5. The van der Waals surface area contributed by atoms with E-state index in [9.17, 15) is 9.90 Å². The Hall–Kier alpha value is -3.45. The van der Waals surface area contributed by atoms with Gasteiger partial charge in [0.05, 0.1) is 6.04 Å². The smallest absolute Gasteiger partial charge is 0.336 e. The van der Waals surface area contributed by atoms with Crippen LogP contribution in [-0.2, 0) is 0 Å². The fourth-order valence-electron chi connectivity index (χ4n) is 5.03. The maximum atomic E-state index is 11.7. The minimum Gasteiger partial charge on any atom is -0.491 e. The standard InChI is InChI=1S/C30H32N2O4/c1-22-18-29(34)36-28-19-26(12-13-27(22)28)35-21-25(33)20-31-14-16-32(17-15-31)30(23-8-4-2-5-9-23)24-10-6-3-7-11-24/h2-13,18-19,25,30,33H,14-17,20-21H2,1H3/t25-/m0/s1. The van der Waals surface area contributed by atoms with Crippen molar-refractivity contribution >= 4 is 11.0 Å². The van der Waals surface area contributed by atoms with Crippen LogP contribution >= 0.6 is 0 Å². The highest BCUT2D eigenvalue weighted by Crippen LogP contribution is 2.29. The number of piperazine rings is 1. The molecule has 1 fully saturated rings. The minimum absolute atomic E-state index is 0.179. The molecule has 0 unspecified atom stereocenters. The van der Waals surface area contributed by atoms with Crippen LogP contribution < -0.4 is 10.4 Å². The second-order valence-corrected chi connectivity index (χ2v) is 9.43. The van der Waals surface area contributed by atoms with E-state index < -0.39 is 6.10 Å². The van der Waals surface area contributed by atoms with Crippen LogP contribution in [0.25, 0.3) is 11.0 Å². The Morgan fingerprint density at radius 1 is 0.889 bits per heavy atom. The van der Waals surface area contributed by atoms with Gasteiger partial charge in [-0.1, -0.05) is 60.7 Å². The van der Waals surface area contributed by atoms with E-state index >= 15 is 0 Å². The third-order valence-corrected chi connectivity index (χ3v) is 6.84. The fourth-order valence-corrected chi connectivity index (χ4v) is 5.03. The zero-order chi connectivity index (χ0) is 24.9. The second kappa shape index (κ2) is 11.1. The third kappa shape index (κ3) is 5.68. The molecule has 1 saturated heterocycles. The zero-order valence-corrected chi connectivity index (χ0v) is 20.5. The molecule has 2 heterocycles. The van der Waals surface area contributed by atoms with E-state index in [1.54, 1.807) is 6.07 Å². The van der Waals surface area contributed by atoms with Crippen molar-refractivity contribution in [2.75, 3.05) is 39.3 Å². The molecule has 1 atom stereocenters. The van der Waals surface area contributed by atoms with Crippen LogP contribution in [0, 0.1) is 6.92 Å². The Morgan fingerprint density at radius 3 is 2.17 bits per heavy atom. The van der Waals surface area contributed by atoms with Crippen molar-refractivity contribution in [2.24, 2.45) is 0 Å². The van der Waals surface area contributed by atoms with E-state index in [0.29, 0.717) is 17.9 Å². The molecular weight excluding hydrogens is 452 g/mol. The minimum atomic E-state index is -0.615. The predicted molar refractivity (Wildman–Crippen MR) is 141 cm³/mol. The van der Waals surface area contributed by atoms with Gasteiger partial charge in [0.25, 0.3) is 0 Å². The van der Waals surface area contributed by atoms with E-state index in [2.05, 4.69) is 70.5 Å². The van der Waals surface area contributed by atoms with E-state index in [4.69, 9.17) is 9.15 Å². The Balaban J connectivity index is 1.16. The lowest BCUT2D eigenvalue weighted by Gasteiger charge is -2.40. The van der Waals surface area contributed by atoms with E-state index in [-0.39, 0.29) is 18.3 Å². The lowest BCUT2D eigenvalue weighted by molar-refractivity contribution is 0.0401. The Bertz CT molecular complexity index is 1290. The second-order valence-electron chi connectivity index (χ2n) is 9.43. The van der Waals surface area contributed by atoms with E-state index in [1.807, 2.05) is 19.1 Å². The number of nitrogens with zero attached hydrogens (tertiary/aromatic N) is 2. The molecule has 186 valence electrons. The van der Waals surface area contributed by atoms with E-state index in [1.165, 1.54) is 17.2 Å². The number of hydrogen-bond acceptors (Lipinski definition) is 6. The largest absolute Gasteiger partial charge is 0.491 e. The summed E-state index contributed by atoms with van der Waals surface area (Å²) in [6, 6.07) is 28.4. The van der Waals surface area contributed by atoms with Gasteiger partial charge in [-0.05, 0) is 35.7 Å². The molecule has 4 aromatic rings. The first kappa shape index (κ1) is 24.3. The van der Waals surface area contributed by atoms with Crippen LogP contribution in [0.15, 0.2) is 94.1 Å². The van der Waals surface area contributed by atoms with Gasteiger partial charge in [0.1, 0.15) is 24.0 Å². The molecule has 1 N–H and O–H groups in total. The van der Waals surface area contributed by atoms with Gasteiger partial charge in [0.2, 0.25) is 0 Å². The molecular formula is C30H32N2O4. The number of rotatable bonds is 8. The summed E-state index contributed by atoms with van der Waals surface area (Å²) in [6.45, 7) is 6.22. The molecule has 0 aliphatic carbocycles. The highest BCUT2D eigenvalue weighted by Gasteiger charge is 2.27. The van der Waals surface area contributed by atoms with Gasteiger partial charge in [-0.3, -0.25) is 9.80 Å². The average Bonchev–Trinajstić information content (AvgIpc) is 2.89. The van der Waals surface area contributed by atoms with Crippen molar-refractivity contribution in [1.82, 2.24) is 9.80 Å². The van der Waals surface area contributed by atoms with Gasteiger partial charge in [-0.2, -0.15) is 0 Å². The number of β-amino-alcohol motifs (C(OH)–C–C–N with tert-alkyl or cyclic N) is 1. The van der Waals surface area contributed by atoms with Crippen molar-refractivity contribution in [3.63, 3.8) is 0 Å². The summed E-state index contributed by atoms with van der Waals surface area (Å²) in [6.07, 6.45) is -0.615. The first-order chi connectivity index (χ1) is 17.6. The number of aliphatic hydroxyl groups excluding tert-OH is 1. The number of aliphatic hydroxyl groups is 1. The highest BCUT2D eigenvalue weighted by molar-refractivity contribution is 5.81. The van der Waals surface area contributed by atoms with Crippen LogP contribution in [0.1, 0.15) is 22.7 Å². The summed E-state index contributed by atoms with van der Waals surface area (Å²) >= 11 is 0. The quantitative estimate of drug-likeness (QED) is 0.377. The molecule has 36 heavy (non-hydrogen) atoms. The summed E-state index contributed by atoms with van der Waals surface area (Å²) in [5, 5.41) is 11.5. The van der Waals surface area contributed by atoms with Crippen molar-refractivity contribution in [2.45, 2.75) is 19.1 Å². The molecule has 1 aliphatic heterocycles. The number of fused-ring (bicyclic) bond motifs is 1. The van der Waals surface area contributed by atoms with Crippen LogP contribution in [0.2, 0.25) is 0 Å². The van der Waals surface area contributed by atoms with Crippen molar-refractivity contribution in [3.8, 4) is 5.75 Å². The molecule has 0 radical (unpaired) electrons. The van der Waals surface area contributed by atoms with Crippen molar-refractivity contribution in [1.29, 1.82) is 0 Å². The molecule has 0 saturated carbocycles. The Labute approximate surface area is 211 Å². The van der Waals surface area contributed by atoms with Crippen LogP contribution in [-0.4, -0.2) is 60.3 Å². The lowest BCUT2D eigenvalue weighted by Crippen LogP contribution is -2.50. The average molecular weight is 485 g/mol. The van der Waals surface area contributed by atoms with Gasteiger partial charge in [-0.25, -0.2) is 4.79 Å². The van der Waals surface area contributed by atoms with Gasteiger partial charge < -0.3 is 14.3 Å². The third-order valence-electron chi connectivity index (χ3n) is 6.84. The van der Waals surface area contributed by atoms with Gasteiger partial charge in [0, 0.05) is 50.2 Å². The number of ether oxygens (including phenoxy) is 1. The molecule has 1 aromatic heterocycles. The maximum absolute atomic E-state index is 11.7. The molecule has 6 heteroatoms. The molecule has 6 nitrogen and oxygen atoms in total. The Kier molecular flexibility index (Phi) is 7.47. The molecule has 5 rings (SSSR count). The lowest BCUT2D eigenvalue weighted by atomic mass is 9.96. The topological polar surface area (TPSA) is 66.2 Å². The predicted octanol–water partition coefficient (Wildman–Crippen LogP) is 4.25. The summed E-state index contributed by atoms with van der Waals surface area (Å²) in [4.78, 5) is 16.5. The SMILES string of the molecule is Cc1cc(=O)oc2cc(OC[C@@H](O)CN3CCN(C(c4ccccc4)c4ccccc4)CC3)ccc12. The zero-order valence-electron chi connectivity index (χ0n) is 20.5.